The van der Waals surface area contributed by atoms with Gasteiger partial charge in [0.25, 0.3) is 0 Å². The fraction of sp³-hybridized carbons (Fsp3) is 0.235. The van der Waals surface area contributed by atoms with Gasteiger partial charge in [-0.3, -0.25) is 9.97 Å². The van der Waals surface area contributed by atoms with Crippen LogP contribution >= 0.6 is 0 Å². The molecule has 1 aromatic carbocycles. The summed E-state index contributed by atoms with van der Waals surface area (Å²) in [5.41, 5.74) is 1.53. The summed E-state index contributed by atoms with van der Waals surface area (Å²) < 4.78 is 15.8. The zero-order valence-corrected chi connectivity index (χ0v) is 13.1. The van der Waals surface area contributed by atoms with Crippen LogP contribution in [0.4, 0.5) is 0 Å². The van der Waals surface area contributed by atoms with Crippen LogP contribution in [0.5, 0.6) is 11.5 Å². The van der Waals surface area contributed by atoms with Crippen LogP contribution in [0, 0.1) is 0 Å². The first-order valence-electron chi connectivity index (χ1n) is 7.13. The lowest BCUT2D eigenvalue weighted by Crippen LogP contribution is -2.00. The van der Waals surface area contributed by atoms with E-state index >= 15 is 0 Å². The summed E-state index contributed by atoms with van der Waals surface area (Å²) in [5.74, 6) is 0.779. The average molecular weight is 314 g/mol. The molecule has 6 nitrogen and oxygen atoms in total. The number of hydrogen-bond acceptors (Lipinski definition) is 6. The Morgan fingerprint density at radius 2 is 2.13 bits per heavy atom. The summed E-state index contributed by atoms with van der Waals surface area (Å²) in [6, 6.07) is 5.38. The standard InChI is InChI=1S/C17H18N2O4/c1-3-22-17(20)7-5-13-4-6-15(16(10-13)21-2)23-12-14-11-18-8-9-19-14/h4-11H,3,12H2,1-2H3/b7-5+. The van der Waals surface area contributed by atoms with E-state index in [1.54, 1.807) is 50.8 Å². The lowest BCUT2D eigenvalue weighted by molar-refractivity contribution is -0.137. The number of ether oxygens (including phenoxy) is 3. The van der Waals surface area contributed by atoms with Crippen molar-refractivity contribution >= 4 is 12.0 Å². The number of rotatable bonds is 7. The molecule has 0 N–H and O–H groups in total. The number of hydrogen-bond donors (Lipinski definition) is 0. The predicted molar refractivity (Wildman–Crippen MR) is 85.0 cm³/mol. The molecule has 0 fully saturated rings. The van der Waals surface area contributed by atoms with E-state index in [-0.39, 0.29) is 5.97 Å². The van der Waals surface area contributed by atoms with Gasteiger partial charge in [-0.1, -0.05) is 6.07 Å². The summed E-state index contributed by atoms with van der Waals surface area (Å²) in [7, 11) is 1.56. The molecule has 0 amide bonds. The van der Waals surface area contributed by atoms with Gasteiger partial charge in [-0.15, -0.1) is 0 Å². The normalized spacial score (nSPS) is 10.5. The van der Waals surface area contributed by atoms with Gasteiger partial charge in [0.05, 0.1) is 25.6 Å². The van der Waals surface area contributed by atoms with Crippen LogP contribution in [0.15, 0.2) is 42.9 Å². The van der Waals surface area contributed by atoms with Gasteiger partial charge in [0, 0.05) is 18.5 Å². The lowest BCUT2D eigenvalue weighted by atomic mass is 10.2. The summed E-state index contributed by atoms with van der Waals surface area (Å²) in [5, 5.41) is 0. The third-order valence-electron chi connectivity index (χ3n) is 2.88. The van der Waals surface area contributed by atoms with Crippen molar-refractivity contribution < 1.29 is 19.0 Å². The van der Waals surface area contributed by atoms with E-state index in [1.807, 2.05) is 6.07 Å². The zero-order chi connectivity index (χ0) is 16.5. The monoisotopic (exact) mass is 314 g/mol. The molecule has 0 bridgehead atoms. The minimum atomic E-state index is -0.380. The van der Waals surface area contributed by atoms with Gasteiger partial charge >= 0.3 is 5.97 Å². The number of aromatic nitrogens is 2. The highest BCUT2D eigenvalue weighted by Crippen LogP contribution is 2.29. The van der Waals surface area contributed by atoms with Crippen LogP contribution in [-0.2, 0) is 16.1 Å². The molecule has 1 heterocycles. The molecule has 2 rings (SSSR count). The highest BCUT2D eigenvalue weighted by molar-refractivity contribution is 5.87. The van der Waals surface area contributed by atoms with E-state index in [0.29, 0.717) is 24.7 Å². The maximum Gasteiger partial charge on any atom is 0.330 e. The van der Waals surface area contributed by atoms with E-state index in [1.165, 1.54) is 6.08 Å². The Bertz CT molecular complexity index is 672. The summed E-state index contributed by atoms with van der Waals surface area (Å²) in [6.07, 6.45) is 7.89. The minimum Gasteiger partial charge on any atom is -0.493 e. The number of carbonyl (C=O) groups is 1. The molecule has 0 saturated heterocycles. The van der Waals surface area contributed by atoms with Crippen molar-refractivity contribution in [2.24, 2.45) is 0 Å². The van der Waals surface area contributed by atoms with Gasteiger partial charge in [-0.25, -0.2) is 4.79 Å². The molecule has 0 aliphatic heterocycles. The van der Waals surface area contributed by atoms with Crippen LogP contribution in [0.1, 0.15) is 18.2 Å². The molecule has 0 saturated carbocycles. The van der Waals surface area contributed by atoms with Crippen LogP contribution in [-0.4, -0.2) is 29.7 Å². The molecule has 0 aliphatic rings. The largest absolute Gasteiger partial charge is 0.493 e. The molecular formula is C17H18N2O4. The predicted octanol–water partition coefficient (Wildman–Crippen LogP) is 2.64. The SMILES string of the molecule is CCOC(=O)/C=C/c1ccc(OCc2cnccn2)c(OC)c1. The molecule has 0 radical (unpaired) electrons. The maximum atomic E-state index is 11.3. The van der Waals surface area contributed by atoms with Crippen LogP contribution in [0.25, 0.3) is 6.08 Å². The number of esters is 1. The fourth-order valence-corrected chi connectivity index (χ4v) is 1.82. The lowest BCUT2D eigenvalue weighted by Gasteiger charge is -2.10. The van der Waals surface area contributed by atoms with Crippen molar-refractivity contribution in [3.8, 4) is 11.5 Å². The van der Waals surface area contributed by atoms with E-state index in [2.05, 4.69) is 9.97 Å². The first-order valence-corrected chi connectivity index (χ1v) is 7.13. The third-order valence-corrected chi connectivity index (χ3v) is 2.88. The molecule has 0 spiro atoms. The second-order valence-corrected chi connectivity index (χ2v) is 4.48. The Morgan fingerprint density at radius 3 is 2.83 bits per heavy atom. The Labute approximate surface area is 134 Å². The highest BCUT2D eigenvalue weighted by Gasteiger charge is 2.06. The second-order valence-electron chi connectivity index (χ2n) is 4.48. The second kappa shape index (κ2) is 8.53. The smallest absolute Gasteiger partial charge is 0.330 e. The molecule has 2 aromatic rings. The topological polar surface area (TPSA) is 70.5 Å². The molecular weight excluding hydrogens is 296 g/mol. The van der Waals surface area contributed by atoms with E-state index in [4.69, 9.17) is 14.2 Å². The van der Waals surface area contributed by atoms with Crippen molar-refractivity contribution in [2.75, 3.05) is 13.7 Å². The van der Waals surface area contributed by atoms with Gasteiger partial charge in [0.15, 0.2) is 11.5 Å². The quantitative estimate of drug-likeness (QED) is 0.578. The van der Waals surface area contributed by atoms with E-state index in [0.717, 1.165) is 11.3 Å². The van der Waals surface area contributed by atoms with Gasteiger partial charge < -0.3 is 14.2 Å². The molecule has 0 unspecified atom stereocenters. The van der Waals surface area contributed by atoms with Crippen molar-refractivity contribution in [1.29, 1.82) is 0 Å². The average Bonchev–Trinajstić information content (AvgIpc) is 2.59. The highest BCUT2D eigenvalue weighted by atomic mass is 16.5. The van der Waals surface area contributed by atoms with E-state index in [9.17, 15) is 4.79 Å². The summed E-state index contributed by atoms with van der Waals surface area (Å²) in [6.45, 7) is 2.40. The fourth-order valence-electron chi connectivity index (χ4n) is 1.82. The van der Waals surface area contributed by atoms with Gasteiger partial charge in [-0.05, 0) is 30.7 Å². The van der Waals surface area contributed by atoms with Crippen molar-refractivity contribution in [1.82, 2.24) is 9.97 Å². The van der Waals surface area contributed by atoms with Gasteiger partial charge in [-0.2, -0.15) is 0 Å². The molecule has 0 atom stereocenters. The summed E-state index contributed by atoms with van der Waals surface area (Å²) in [4.78, 5) is 19.4. The molecule has 6 heteroatoms. The van der Waals surface area contributed by atoms with Crippen LogP contribution in [0.2, 0.25) is 0 Å². The Kier molecular flexibility index (Phi) is 6.11. The minimum absolute atomic E-state index is 0.294. The summed E-state index contributed by atoms with van der Waals surface area (Å²) >= 11 is 0. The molecule has 0 aliphatic carbocycles. The molecule has 120 valence electrons. The number of methoxy groups -OCH3 is 1. The molecule has 23 heavy (non-hydrogen) atoms. The number of benzene rings is 1. The first kappa shape index (κ1) is 16.5. The van der Waals surface area contributed by atoms with E-state index < -0.39 is 0 Å². The van der Waals surface area contributed by atoms with Crippen molar-refractivity contribution in [3.63, 3.8) is 0 Å². The molecule has 1 aromatic heterocycles. The third kappa shape index (κ3) is 5.10. The maximum absolute atomic E-state index is 11.3. The van der Waals surface area contributed by atoms with Gasteiger partial charge in [0.2, 0.25) is 0 Å². The number of nitrogens with zero attached hydrogens (tertiary/aromatic N) is 2. The van der Waals surface area contributed by atoms with Crippen molar-refractivity contribution in [2.45, 2.75) is 13.5 Å². The van der Waals surface area contributed by atoms with Gasteiger partial charge in [0.1, 0.15) is 6.61 Å². The van der Waals surface area contributed by atoms with Crippen LogP contribution < -0.4 is 9.47 Å². The van der Waals surface area contributed by atoms with Crippen molar-refractivity contribution in [3.05, 3.63) is 54.1 Å². The Balaban J connectivity index is 2.05. The Hall–Kier alpha value is -2.89. The van der Waals surface area contributed by atoms with Crippen LogP contribution in [0.3, 0.4) is 0 Å². The number of carbonyl (C=O) groups excluding carboxylic acids is 1. The zero-order valence-electron chi connectivity index (χ0n) is 13.1. The Morgan fingerprint density at radius 1 is 1.26 bits per heavy atom. The first-order chi connectivity index (χ1) is 11.2.